The van der Waals surface area contributed by atoms with Crippen molar-refractivity contribution in [2.45, 2.75) is 6.54 Å². The van der Waals surface area contributed by atoms with Crippen LogP contribution in [0.1, 0.15) is 5.56 Å². The average Bonchev–Trinajstić information content (AvgIpc) is 3.32. The minimum atomic E-state index is -0.169. The van der Waals surface area contributed by atoms with Crippen molar-refractivity contribution in [3.63, 3.8) is 0 Å². The predicted molar refractivity (Wildman–Crippen MR) is 117 cm³/mol. The van der Waals surface area contributed by atoms with Crippen LogP contribution >= 0.6 is 0 Å². The maximum Gasteiger partial charge on any atom is 0.259 e. The summed E-state index contributed by atoms with van der Waals surface area (Å²) in [6, 6.07) is 22.3. The zero-order chi connectivity index (χ0) is 21.2. The van der Waals surface area contributed by atoms with E-state index in [-0.39, 0.29) is 11.4 Å². The summed E-state index contributed by atoms with van der Waals surface area (Å²) < 4.78 is 12.7. The van der Waals surface area contributed by atoms with Gasteiger partial charge in [0, 0.05) is 23.2 Å². The Hall–Kier alpha value is -4.26. The molecule has 0 saturated heterocycles. The Kier molecular flexibility index (Phi) is 4.76. The summed E-state index contributed by atoms with van der Waals surface area (Å²) in [7, 11) is 1.62. The molecule has 0 aliphatic rings. The maximum absolute atomic E-state index is 13.1. The third kappa shape index (κ3) is 3.46. The van der Waals surface area contributed by atoms with Gasteiger partial charge in [-0.05, 0) is 24.3 Å². The molecular formula is C24H18N4O3. The molecule has 5 aromatic rings. The standard InChI is InChI=1S/C24H18N4O3/c1-30-21-12-5-2-8-16(21)15-28-20-11-4-3-9-17(20)18(14-22(28)29)24-26-23(27-31-24)19-10-6-7-13-25-19/h2-14H,15H2,1H3. The lowest BCUT2D eigenvalue weighted by Crippen LogP contribution is -2.21. The number of rotatable bonds is 5. The van der Waals surface area contributed by atoms with Crippen molar-refractivity contribution in [3.8, 4) is 28.7 Å². The summed E-state index contributed by atoms with van der Waals surface area (Å²) in [5, 5.41) is 4.88. The largest absolute Gasteiger partial charge is 0.496 e. The Labute approximate surface area is 177 Å². The van der Waals surface area contributed by atoms with Crippen molar-refractivity contribution < 1.29 is 9.26 Å². The number of hydrogen-bond donors (Lipinski definition) is 0. The van der Waals surface area contributed by atoms with Gasteiger partial charge in [-0.2, -0.15) is 4.98 Å². The van der Waals surface area contributed by atoms with E-state index in [1.54, 1.807) is 23.9 Å². The highest BCUT2D eigenvalue weighted by Gasteiger charge is 2.17. The molecule has 7 heteroatoms. The molecule has 5 rings (SSSR count). The molecule has 3 heterocycles. The van der Waals surface area contributed by atoms with Gasteiger partial charge in [-0.1, -0.05) is 47.6 Å². The van der Waals surface area contributed by atoms with Crippen LogP contribution in [0.5, 0.6) is 5.75 Å². The summed E-state index contributed by atoms with van der Waals surface area (Å²) in [4.78, 5) is 21.9. The molecule has 3 aromatic heterocycles. The molecule has 0 spiro atoms. The number of hydrogen-bond acceptors (Lipinski definition) is 6. The molecule has 0 fully saturated rings. The molecule has 2 aromatic carbocycles. The second-order valence-corrected chi connectivity index (χ2v) is 6.95. The Bertz CT molecular complexity index is 1420. The predicted octanol–water partition coefficient (Wildman–Crippen LogP) is 4.17. The number of methoxy groups -OCH3 is 1. The SMILES string of the molecule is COc1ccccc1Cn1c(=O)cc(-c2nc(-c3ccccn3)no2)c2ccccc21. The Morgan fingerprint density at radius 1 is 1.00 bits per heavy atom. The first-order chi connectivity index (χ1) is 15.2. The van der Waals surface area contributed by atoms with Crippen LogP contribution < -0.4 is 10.3 Å². The summed E-state index contributed by atoms with van der Waals surface area (Å²) in [6.45, 7) is 0.382. The fraction of sp³-hybridized carbons (Fsp3) is 0.0833. The fourth-order valence-corrected chi connectivity index (χ4v) is 3.61. The molecule has 0 aliphatic heterocycles. The number of pyridine rings is 2. The fourth-order valence-electron chi connectivity index (χ4n) is 3.61. The Balaban J connectivity index is 1.63. The van der Waals surface area contributed by atoms with Crippen molar-refractivity contribution in [2.24, 2.45) is 0 Å². The van der Waals surface area contributed by atoms with Gasteiger partial charge in [-0.25, -0.2) is 0 Å². The van der Waals surface area contributed by atoms with Crippen molar-refractivity contribution in [1.82, 2.24) is 19.7 Å². The normalized spacial score (nSPS) is 11.0. The molecule has 0 bridgehead atoms. The second-order valence-electron chi connectivity index (χ2n) is 6.95. The van der Waals surface area contributed by atoms with Crippen LogP contribution in [-0.4, -0.2) is 26.8 Å². The summed E-state index contributed by atoms with van der Waals surface area (Å²) >= 11 is 0. The molecule has 7 nitrogen and oxygen atoms in total. The first-order valence-electron chi connectivity index (χ1n) is 9.74. The monoisotopic (exact) mass is 410 g/mol. The second kappa shape index (κ2) is 7.87. The Morgan fingerprint density at radius 2 is 1.81 bits per heavy atom. The van der Waals surface area contributed by atoms with E-state index in [2.05, 4.69) is 15.1 Å². The highest BCUT2D eigenvalue weighted by molar-refractivity contribution is 5.92. The van der Waals surface area contributed by atoms with Crippen LogP contribution in [0.2, 0.25) is 0 Å². The highest BCUT2D eigenvalue weighted by atomic mass is 16.5. The van der Waals surface area contributed by atoms with Crippen LogP contribution in [0, 0.1) is 0 Å². The van der Waals surface area contributed by atoms with E-state index >= 15 is 0 Å². The number of para-hydroxylation sites is 2. The van der Waals surface area contributed by atoms with Crippen LogP contribution in [0.3, 0.4) is 0 Å². The third-order valence-corrected chi connectivity index (χ3v) is 5.09. The lowest BCUT2D eigenvalue weighted by atomic mass is 10.1. The van der Waals surface area contributed by atoms with E-state index in [0.717, 1.165) is 22.2 Å². The van der Waals surface area contributed by atoms with Gasteiger partial charge < -0.3 is 13.8 Å². The van der Waals surface area contributed by atoms with Crippen LogP contribution in [-0.2, 0) is 6.54 Å². The molecule has 0 aliphatic carbocycles. The third-order valence-electron chi connectivity index (χ3n) is 5.09. The van der Waals surface area contributed by atoms with Gasteiger partial charge in [0.15, 0.2) is 0 Å². The summed E-state index contributed by atoms with van der Waals surface area (Å²) in [6.07, 6.45) is 1.67. The van der Waals surface area contributed by atoms with Crippen molar-refractivity contribution >= 4 is 10.9 Å². The number of ether oxygens (including phenoxy) is 1. The van der Waals surface area contributed by atoms with Gasteiger partial charge >= 0.3 is 0 Å². The number of benzene rings is 2. The van der Waals surface area contributed by atoms with Gasteiger partial charge in [0.05, 0.1) is 24.7 Å². The van der Waals surface area contributed by atoms with Gasteiger partial charge in [0.1, 0.15) is 11.4 Å². The van der Waals surface area contributed by atoms with Crippen molar-refractivity contribution in [2.75, 3.05) is 7.11 Å². The van der Waals surface area contributed by atoms with Crippen molar-refractivity contribution in [1.29, 1.82) is 0 Å². The number of aromatic nitrogens is 4. The molecule has 0 saturated carbocycles. The quantitative estimate of drug-likeness (QED) is 0.432. The minimum absolute atomic E-state index is 0.169. The summed E-state index contributed by atoms with van der Waals surface area (Å²) in [5.41, 5.74) is 2.71. The van der Waals surface area contributed by atoms with Crippen LogP contribution in [0.25, 0.3) is 33.9 Å². The van der Waals surface area contributed by atoms with Crippen LogP contribution in [0.4, 0.5) is 0 Å². The molecule has 0 radical (unpaired) electrons. The lowest BCUT2D eigenvalue weighted by Gasteiger charge is -2.14. The highest BCUT2D eigenvalue weighted by Crippen LogP contribution is 2.28. The topological polar surface area (TPSA) is 83.0 Å². The molecular weight excluding hydrogens is 392 g/mol. The molecule has 0 atom stereocenters. The molecule has 0 unspecified atom stereocenters. The zero-order valence-electron chi connectivity index (χ0n) is 16.7. The first kappa shape index (κ1) is 18.7. The van der Waals surface area contributed by atoms with E-state index in [0.29, 0.717) is 23.6 Å². The number of fused-ring (bicyclic) bond motifs is 1. The first-order valence-corrected chi connectivity index (χ1v) is 9.74. The number of nitrogens with zero attached hydrogens (tertiary/aromatic N) is 4. The Morgan fingerprint density at radius 3 is 2.65 bits per heavy atom. The van der Waals surface area contributed by atoms with Gasteiger partial charge in [0.2, 0.25) is 5.82 Å². The van der Waals surface area contributed by atoms with E-state index in [1.807, 2.05) is 60.7 Å². The smallest absolute Gasteiger partial charge is 0.259 e. The lowest BCUT2D eigenvalue weighted by molar-refractivity contribution is 0.408. The zero-order valence-corrected chi connectivity index (χ0v) is 16.7. The van der Waals surface area contributed by atoms with E-state index < -0.39 is 0 Å². The van der Waals surface area contributed by atoms with Crippen LogP contribution in [0.15, 0.2) is 88.3 Å². The average molecular weight is 410 g/mol. The van der Waals surface area contributed by atoms with Gasteiger partial charge in [0.25, 0.3) is 11.4 Å². The van der Waals surface area contributed by atoms with E-state index in [9.17, 15) is 4.79 Å². The van der Waals surface area contributed by atoms with Gasteiger partial charge in [-0.15, -0.1) is 0 Å². The van der Waals surface area contributed by atoms with E-state index in [4.69, 9.17) is 9.26 Å². The molecule has 152 valence electrons. The van der Waals surface area contributed by atoms with E-state index in [1.165, 1.54) is 6.07 Å². The summed E-state index contributed by atoms with van der Waals surface area (Å²) in [5.74, 6) is 1.38. The molecule has 0 N–H and O–H groups in total. The maximum atomic E-state index is 13.1. The minimum Gasteiger partial charge on any atom is -0.496 e. The van der Waals surface area contributed by atoms with Gasteiger partial charge in [-0.3, -0.25) is 9.78 Å². The van der Waals surface area contributed by atoms with Crippen molar-refractivity contribution in [3.05, 3.63) is 94.9 Å². The molecule has 0 amide bonds. The molecule has 31 heavy (non-hydrogen) atoms.